The molecular formula is C20H18N2O3. The van der Waals surface area contributed by atoms with Gasteiger partial charge in [-0.05, 0) is 23.8 Å². The van der Waals surface area contributed by atoms with Crippen LogP contribution < -0.4 is 0 Å². The van der Waals surface area contributed by atoms with Crippen LogP contribution in [0.2, 0.25) is 0 Å². The zero-order chi connectivity index (χ0) is 18.2. The minimum Gasteiger partial charge on any atom is -0.444 e. The van der Waals surface area contributed by atoms with Gasteiger partial charge in [0.1, 0.15) is 0 Å². The fourth-order valence-electron chi connectivity index (χ4n) is 2.11. The lowest BCUT2D eigenvalue weighted by molar-refractivity contribution is -0.155. The molecule has 1 amide bonds. The number of benzene rings is 2. The molecule has 5 nitrogen and oxygen atoms in total. The van der Waals surface area contributed by atoms with E-state index in [1.165, 1.54) is 11.0 Å². The molecule has 0 heterocycles. The van der Waals surface area contributed by atoms with E-state index in [1.54, 1.807) is 68.7 Å². The van der Waals surface area contributed by atoms with Crippen LogP contribution in [-0.4, -0.2) is 30.9 Å². The first-order valence-electron chi connectivity index (χ1n) is 7.66. The van der Waals surface area contributed by atoms with E-state index in [0.717, 1.165) is 5.56 Å². The molecule has 0 spiro atoms. The van der Waals surface area contributed by atoms with Crippen LogP contribution in [0.25, 0.3) is 6.08 Å². The van der Waals surface area contributed by atoms with E-state index >= 15 is 0 Å². The summed E-state index contributed by atoms with van der Waals surface area (Å²) in [7, 11) is 3.22. The molecule has 0 saturated heterocycles. The van der Waals surface area contributed by atoms with Crippen LogP contribution in [0.3, 0.4) is 0 Å². The van der Waals surface area contributed by atoms with Gasteiger partial charge in [0.15, 0.2) is 0 Å². The number of carbonyl (C=O) groups excluding carboxylic acids is 2. The van der Waals surface area contributed by atoms with Gasteiger partial charge >= 0.3 is 5.97 Å². The minimum atomic E-state index is -0.991. The molecule has 0 saturated carbocycles. The summed E-state index contributed by atoms with van der Waals surface area (Å²) in [5, 5.41) is 8.77. The summed E-state index contributed by atoms with van der Waals surface area (Å²) < 4.78 is 5.36. The summed E-state index contributed by atoms with van der Waals surface area (Å²) >= 11 is 0. The van der Waals surface area contributed by atoms with Crippen molar-refractivity contribution in [2.75, 3.05) is 14.1 Å². The predicted molar refractivity (Wildman–Crippen MR) is 94.2 cm³/mol. The molecule has 0 N–H and O–H groups in total. The summed E-state index contributed by atoms with van der Waals surface area (Å²) in [6.45, 7) is 0. The summed E-state index contributed by atoms with van der Waals surface area (Å²) in [5.74, 6) is -0.931. The highest BCUT2D eigenvalue weighted by atomic mass is 16.5. The van der Waals surface area contributed by atoms with Gasteiger partial charge in [0.25, 0.3) is 5.91 Å². The zero-order valence-corrected chi connectivity index (χ0v) is 14.0. The first-order valence-corrected chi connectivity index (χ1v) is 7.66. The van der Waals surface area contributed by atoms with Crippen LogP contribution >= 0.6 is 0 Å². The van der Waals surface area contributed by atoms with Crippen LogP contribution in [0.4, 0.5) is 0 Å². The van der Waals surface area contributed by atoms with E-state index in [0.29, 0.717) is 11.1 Å². The molecule has 0 fully saturated rings. The number of likely N-dealkylation sites (N-methyl/N-ethyl adjacent to an activating group) is 1. The first kappa shape index (κ1) is 18.0. The smallest absolute Gasteiger partial charge is 0.331 e. The molecule has 126 valence electrons. The average molecular weight is 334 g/mol. The van der Waals surface area contributed by atoms with Gasteiger partial charge in [-0.25, -0.2) is 4.79 Å². The monoisotopic (exact) mass is 334 g/mol. The van der Waals surface area contributed by atoms with Crippen molar-refractivity contribution in [3.05, 3.63) is 77.4 Å². The molecule has 0 aliphatic carbocycles. The molecule has 2 aromatic carbocycles. The lowest BCUT2D eigenvalue weighted by Gasteiger charge is -2.20. The van der Waals surface area contributed by atoms with Crippen molar-refractivity contribution >= 4 is 18.0 Å². The number of esters is 1. The van der Waals surface area contributed by atoms with Crippen LogP contribution in [0, 0.1) is 11.3 Å². The van der Waals surface area contributed by atoms with Gasteiger partial charge in [-0.1, -0.05) is 42.5 Å². The van der Waals surface area contributed by atoms with Gasteiger partial charge in [0, 0.05) is 25.7 Å². The Morgan fingerprint density at radius 1 is 1.08 bits per heavy atom. The Morgan fingerprint density at radius 2 is 1.72 bits per heavy atom. The Hall–Kier alpha value is -3.39. The number of rotatable bonds is 5. The Labute approximate surface area is 146 Å². The highest BCUT2D eigenvalue weighted by Crippen LogP contribution is 2.20. The summed E-state index contributed by atoms with van der Waals surface area (Å²) in [5.41, 5.74) is 1.91. The molecule has 0 aromatic heterocycles. The van der Waals surface area contributed by atoms with Crippen LogP contribution in [0.1, 0.15) is 22.8 Å². The Morgan fingerprint density at radius 3 is 2.28 bits per heavy atom. The molecular weight excluding hydrogens is 316 g/mol. The molecule has 0 bridgehead atoms. The number of ether oxygens (including phenoxy) is 1. The van der Waals surface area contributed by atoms with Crippen LogP contribution in [0.5, 0.6) is 0 Å². The summed E-state index contributed by atoms with van der Waals surface area (Å²) in [6.07, 6.45) is 1.85. The van der Waals surface area contributed by atoms with E-state index < -0.39 is 12.1 Å². The van der Waals surface area contributed by atoms with E-state index in [2.05, 4.69) is 0 Å². The largest absolute Gasteiger partial charge is 0.444 e. The van der Waals surface area contributed by atoms with E-state index in [-0.39, 0.29) is 5.91 Å². The van der Waals surface area contributed by atoms with Gasteiger partial charge in [0.2, 0.25) is 6.10 Å². The molecule has 5 heteroatoms. The van der Waals surface area contributed by atoms with E-state index in [9.17, 15) is 9.59 Å². The van der Waals surface area contributed by atoms with Crippen molar-refractivity contribution in [1.82, 2.24) is 4.90 Å². The normalized spacial score (nSPS) is 11.6. The number of hydrogen-bond donors (Lipinski definition) is 0. The molecule has 0 radical (unpaired) electrons. The number of amides is 1. The second-order valence-electron chi connectivity index (χ2n) is 5.53. The standard InChI is InChI=1S/C20H18N2O3/c1-22(2)20(24)19(17-6-4-3-5-7-17)25-18(23)13-12-15-8-10-16(14-21)11-9-15/h3-13,19H,1-2H3/b13-12+/t19-/m0/s1. The molecule has 2 aromatic rings. The van der Waals surface area contributed by atoms with Crippen molar-refractivity contribution < 1.29 is 14.3 Å². The lowest BCUT2D eigenvalue weighted by atomic mass is 10.1. The van der Waals surface area contributed by atoms with E-state index in [1.807, 2.05) is 12.1 Å². The molecule has 0 aliphatic rings. The van der Waals surface area contributed by atoms with Gasteiger partial charge in [-0.3, -0.25) is 4.79 Å². The quantitative estimate of drug-likeness (QED) is 0.623. The zero-order valence-electron chi connectivity index (χ0n) is 14.0. The van der Waals surface area contributed by atoms with Gasteiger partial charge in [-0.15, -0.1) is 0 Å². The Kier molecular flexibility index (Phi) is 6.08. The minimum absolute atomic E-state index is 0.314. The predicted octanol–water partition coefficient (Wildman–Crippen LogP) is 2.94. The van der Waals surface area contributed by atoms with Crippen molar-refractivity contribution in [3.8, 4) is 6.07 Å². The SMILES string of the molecule is CN(C)C(=O)[C@@H](OC(=O)/C=C/c1ccc(C#N)cc1)c1ccccc1. The molecule has 25 heavy (non-hydrogen) atoms. The maximum Gasteiger partial charge on any atom is 0.331 e. The molecule has 0 aliphatic heterocycles. The third-order valence-electron chi connectivity index (χ3n) is 3.45. The molecule has 1 atom stereocenters. The van der Waals surface area contributed by atoms with Gasteiger partial charge in [-0.2, -0.15) is 5.26 Å². The highest BCUT2D eigenvalue weighted by molar-refractivity contribution is 5.90. The van der Waals surface area contributed by atoms with E-state index in [4.69, 9.17) is 10.00 Å². The topological polar surface area (TPSA) is 70.4 Å². The van der Waals surface area contributed by atoms with Crippen LogP contribution in [0.15, 0.2) is 60.7 Å². The molecule has 0 unspecified atom stereocenters. The Balaban J connectivity index is 2.12. The highest BCUT2D eigenvalue weighted by Gasteiger charge is 2.25. The lowest BCUT2D eigenvalue weighted by Crippen LogP contribution is -2.30. The van der Waals surface area contributed by atoms with Gasteiger partial charge < -0.3 is 9.64 Å². The second kappa shape index (κ2) is 8.46. The number of hydrogen-bond acceptors (Lipinski definition) is 4. The maximum absolute atomic E-state index is 12.3. The molecule has 2 rings (SSSR count). The number of nitriles is 1. The fourth-order valence-corrected chi connectivity index (χ4v) is 2.11. The second-order valence-corrected chi connectivity index (χ2v) is 5.53. The van der Waals surface area contributed by atoms with Crippen molar-refractivity contribution in [2.45, 2.75) is 6.10 Å². The third-order valence-corrected chi connectivity index (χ3v) is 3.45. The first-order chi connectivity index (χ1) is 12.0. The number of nitrogens with zero attached hydrogens (tertiary/aromatic N) is 2. The van der Waals surface area contributed by atoms with Crippen molar-refractivity contribution in [2.24, 2.45) is 0 Å². The fraction of sp³-hybridized carbons (Fsp3) is 0.150. The van der Waals surface area contributed by atoms with Crippen molar-refractivity contribution in [3.63, 3.8) is 0 Å². The third kappa shape index (κ3) is 5.05. The van der Waals surface area contributed by atoms with Crippen molar-refractivity contribution in [1.29, 1.82) is 5.26 Å². The average Bonchev–Trinajstić information content (AvgIpc) is 2.65. The van der Waals surface area contributed by atoms with Gasteiger partial charge in [0.05, 0.1) is 11.6 Å². The van der Waals surface area contributed by atoms with Crippen LogP contribution in [-0.2, 0) is 14.3 Å². The summed E-state index contributed by atoms with van der Waals surface area (Å²) in [6, 6.07) is 17.7. The summed E-state index contributed by atoms with van der Waals surface area (Å²) in [4.78, 5) is 25.8. The number of carbonyl (C=O) groups is 2. The maximum atomic E-state index is 12.3. The Bertz CT molecular complexity index is 803.